The highest BCUT2D eigenvalue weighted by atomic mass is 14.9. The average Bonchev–Trinajstić information content (AvgIpc) is 2.81. The van der Waals surface area contributed by atoms with E-state index in [0.29, 0.717) is 0 Å². The minimum Gasteiger partial charge on any atom is -0.361 e. The smallest absolute Gasteiger partial charge is 0.0457 e. The fourth-order valence-corrected chi connectivity index (χ4v) is 2.20. The highest BCUT2D eigenvalue weighted by Gasteiger charge is 2.07. The molecule has 2 rings (SSSR count). The Morgan fingerprint density at radius 1 is 1.11 bits per heavy atom. The molecule has 3 N–H and O–H groups in total. The SMILES string of the molecule is CC(C)(C)NCCCNCc1cccc2[nH]ccc12. The van der Waals surface area contributed by atoms with Crippen molar-refractivity contribution in [2.45, 2.75) is 39.3 Å². The van der Waals surface area contributed by atoms with Crippen LogP contribution in [0.2, 0.25) is 0 Å². The van der Waals surface area contributed by atoms with Gasteiger partial charge >= 0.3 is 0 Å². The van der Waals surface area contributed by atoms with Gasteiger partial charge in [-0.3, -0.25) is 0 Å². The van der Waals surface area contributed by atoms with E-state index in [-0.39, 0.29) is 5.54 Å². The first kappa shape index (κ1) is 14.1. The lowest BCUT2D eigenvalue weighted by Gasteiger charge is -2.20. The number of hydrogen-bond acceptors (Lipinski definition) is 2. The van der Waals surface area contributed by atoms with E-state index in [0.717, 1.165) is 26.1 Å². The van der Waals surface area contributed by atoms with E-state index in [9.17, 15) is 0 Å². The summed E-state index contributed by atoms with van der Waals surface area (Å²) in [6.45, 7) is 9.65. The third-order valence-corrected chi connectivity index (χ3v) is 3.19. The molecule has 1 aromatic heterocycles. The molecule has 0 fully saturated rings. The molecular formula is C16H25N3. The van der Waals surface area contributed by atoms with Crippen molar-refractivity contribution in [3.05, 3.63) is 36.0 Å². The van der Waals surface area contributed by atoms with Crippen LogP contribution in [0.25, 0.3) is 10.9 Å². The van der Waals surface area contributed by atoms with Crippen molar-refractivity contribution in [1.82, 2.24) is 15.6 Å². The summed E-state index contributed by atoms with van der Waals surface area (Å²) in [6.07, 6.45) is 3.15. The van der Waals surface area contributed by atoms with Gasteiger partial charge < -0.3 is 15.6 Å². The van der Waals surface area contributed by atoms with Crippen LogP contribution in [0, 0.1) is 0 Å². The van der Waals surface area contributed by atoms with Gasteiger partial charge in [0, 0.05) is 29.2 Å². The molecule has 1 heterocycles. The fourth-order valence-electron chi connectivity index (χ4n) is 2.20. The molecule has 1 aromatic carbocycles. The molecular weight excluding hydrogens is 234 g/mol. The van der Waals surface area contributed by atoms with Crippen LogP contribution in [0.15, 0.2) is 30.5 Å². The van der Waals surface area contributed by atoms with E-state index in [1.165, 1.54) is 16.5 Å². The highest BCUT2D eigenvalue weighted by Crippen LogP contribution is 2.16. The van der Waals surface area contributed by atoms with Gasteiger partial charge in [-0.1, -0.05) is 12.1 Å². The van der Waals surface area contributed by atoms with Crippen molar-refractivity contribution in [2.24, 2.45) is 0 Å². The number of hydrogen-bond donors (Lipinski definition) is 3. The summed E-state index contributed by atoms with van der Waals surface area (Å²) in [5.41, 5.74) is 2.80. The van der Waals surface area contributed by atoms with Gasteiger partial charge in [0.05, 0.1) is 0 Å². The maximum atomic E-state index is 3.52. The van der Waals surface area contributed by atoms with Gasteiger partial charge in [-0.05, 0) is 58.0 Å². The molecule has 0 atom stereocenters. The first-order valence-electron chi connectivity index (χ1n) is 7.07. The molecule has 0 saturated heterocycles. The van der Waals surface area contributed by atoms with Gasteiger partial charge in [0.15, 0.2) is 0 Å². The van der Waals surface area contributed by atoms with Crippen LogP contribution in [0.4, 0.5) is 0 Å². The van der Waals surface area contributed by atoms with Crippen LogP contribution in [0.3, 0.4) is 0 Å². The summed E-state index contributed by atoms with van der Waals surface area (Å²) in [4.78, 5) is 3.25. The van der Waals surface area contributed by atoms with E-state index >= 15 is 0 Å². The van der Waals surface area contributed by atoms with Crippen LogP contribution in [-0.2, 0) is 6.54 Å². The Morgan fingerprint density at radius 3 is 2.74 bits per heavy atom. The fraction of sp³-hybridized carbons (Fsp3) is 0.500. The van der Waals surface area contributed by atoms with E-state index in [1.807, 2.05) is 6.20 Å². The minimum atomic E-state index is 0.219. The van der Waals surface area contributed by atoms with Crippen molar-refractivity contribution in [3.63, 3.8) is 0 Å². The second-order valence-corrected chi connectivity index (χ2v) is 6.06. The molecule has 19 heavy (non-hydrogen) atoms. The summed E-state index contributed by atoms with van der Waals surface area (Å²) >= 11 is 0. The van der Waals surface area contributed by atoms with E-state index in [1.54, 1.807) is 0 Å². The molecule has 0 aliphatic rings. The van der Waals surface area contributed by atoms with Crippen molar-refractivity contribution < 1.29 is 0 Å². The van der Waals surface area contributed by atoms with Crippen molar-refractivity contribution in [2.75, 3.05) is 13.1 Å². The molecule has 0 unspecified atom stereocenters. The Bertz CT molecular complexity index is 508. The molecule has 0 spiro atoms. The summed E-state index contributed by atoms with van der Waals surface area (Å²) < 4.78 is 0. The Morgan fingerprint density at radius 2 is 1.95 bits per heavy atom. The van der Waals surface area contributed by atoms with E-state index in [4.69, 9.17) is 0 Å². The van der Waals surface area contributed by atoms with Crippen LogP contribution < -0.4 is 10.6 Å². The first-order chi connectivity index (χ1) is 9.06. The second kappa shape index (κ2) is 6.22. The molecule has 104 valence electrons. The van der Waals surface area contributed by atoms with E-state index < -0.39 is 0 Å². The number of aromatic amines is 1. The number of nitrogens with one attached hydrogen (secondary N) is 3. The molecule has 0 saturated carbocycles. The zero-order valence-corrected chi connectivity index (χ0v) is 12.2. The zero-order chi connectivity index (χ0) is 13.7. The first-order valence-corrected chi connectivity index (χ1v) is 7.07. The number of aromatic nitrogens is 1. The van der Waals surface area contributed by atoms with Crippen molar-refractivity contribution >= 4 is 10.9 Å². The largest absolute Gasteiger partial charge is 0.361 e. The molecule has 3 nitrogen and oxygen atoms in total. The molecule has 0 aliphatic heterocycles. The lowest BCUT2D eigenvalue weighted by Crippen LogP contribution is -2.37. The topological polar surface area (TPSA) is 39.8 Å². The van der Waals surface area contributed by atoms with Gasteiger partial charge in [0.1, 0.15) is 0 Å². The second-order valence-electron chi connectivity index (χ2n) is 6.06. The summed E-state index contributed by atoms with van der Waals surface area (Å²) in [7, 11) is 0. The van der Waals surface area contributed by atoms with Crippen LogP contribution >= 0.6 is 0 Å². The quantitative estimate of drug-likeness (QED) is 0.698. The average molecular weight is 259 g/mol. The lowest BCUT2D eigenvalue weighted by atomic mass is 10.1. The van der Waals surface area contributed by atoms with Crippen molar-refractivity contribution in [1.29, 1.82) is 0 Å². The van der Waals surface area contributed by atoms with Gasteiger partial charge in [-0.2, -0.15) is 0 Å². The molecule has 3 heteroatoms. The molecule has 0 radical (unpaired) electrons. The van der Waals surface area contributed by atoms with Crippen LogP contribution in [0.5, 0.6) is 0 Å². The Kier molecular flexibility index (Phi) is 4.61. The summed E-state index contributed by atoms with van der Waals surface area (Å²) in [5, 5.41) is 8.34. The standard InChI is InChI=1S/C16H25N3/c1-16(2,3)19-10-5-9-17-12-13-6-4-7-15-14(13)8-11-18-15/h4,6-8,11,17-19H,5,9-10,12H2,1-3H3. The number of benzene rings is 1. The molecule has 0 aliphatic carbocycles. The van der Waals surface area contributed by atoms with Crippen LogP contribution in [-0.4, -0.2) is 23.6 Å². The normalized spacial score (nSPS) is 12.2. The highest BCUT2D eigenvalue weighted by molar-refractivity contribution is 5.82. The van der Waals surface area contributed by atoms with Gasteiger partial charge in [0.25, 0.3) is 0 Å². The number of fused-ring (bicyclic) bond motifs is 1. The van der Waals surface area contributed by atoms with Crippen LogP contribution in [0.1, 0.15) is 32.8 Å². The predicted molar refractivity (Wildman–Crippen MR) is 82.4 cm³/mol. The Labute approximate surface area is 115 Å². The number of H-pyrrole nitrogens is 1. The van der Waals surface area contributed by atoms with Gasteiger partial charge in [-0.15, -0.1) is 0 Å². The maximum absolute atomic E-state index is 3.52. The third kappa shape index (κ3) is 4.37. The Balaban J connectivity index is 1.73. The van der Waals surface area contributed by atoms with Crippen molar-refractivity contribution in [3.8, 4) is 0 Å². The predicted octanol–water partition coefficient (Wildman–Crippen LogP) is 3.04. The zero-order valence-electron chi connectivity index (χ0n) is 12.2. The van der Waals surface area contributed by atoms with Gasteiger partial charge in [0.2, 0.25) is 0 Å². The molecule has 2 aromatic rings. The summed E-state index contributed by atoms with van der Waals surface area (Å²) in [5.74, 6) is 0. The summed E-state index contributed by atoms with van der Waals surface area (Å²) in [6, 6.07) is 8.56. The third-order valence-electron chi connectivity index (χ3n) is 3.19. The molecule has 0 amide bonds. The number of rotatable bonds is 6. The van der Waals surface area contributed by atoms with Gasteiger partial charge in [-0.25, -0.2) is 0 Å². The Hall–Kier alpha value is -1.32. The minimum absolute atomic E-state index is 0.219. The lowest BCUT2D eigenvalue weighted by molar-refractivity contribution is 0.418. The molecule has 0 bridgehead atoms. The maximum Gasteiger partial charge on any atom is 0.0457 e. The van der Waals surface area contributed by atoms with E-state index in [2.05, 4.69) is 60.7 Å². The monoisotopic (exact) mass is 259 g/mol.